The van der Waals surface area contributed by atoms with Crippen LogP contribution in [-0.4, -0.2) is 105 Å². The van der Waals surface area contributed by atoms with Gasteiger partial charge in [-0.2, -0.15) is 0 Å². The quantitative estimate of drug-likeness (QED) is 0.104. The van der Waals surface area contributed by atoms with Crippen molar-refractivity contribution in [2.45, 2.75) is 77.0 Å². The first-order valence-corrected chi connectivity index (χ1v) is 20.9. The summed E-state index contributed by atoms with van der Waals surface area (Å²) in [5, 5.41) is 5.82. The van der Waals surface area contributed by atoms with Gasteiger partial charge in [0.2, 0.25) is 17.2 Å². The molecule has 6 atom stereocenters. The minimum Gasteiger partial charge on any atom is -0.453 e. The van der Waals surface area contributed by atoms with Gasteiger partial charge in [0.15, 0.2) is 11.4 Å². The number of rotatable bonds is 10. The molecule has 0 spiro atoms. The molecule has 64 heavy (non-hydrogen) atoms. The molecular weight excluding hydrogens is 838 g/mol. The predicted octanol–water partition coefficient (Wildman–Crippen LogP) is 7.00. The van der Waals surface area contributed by atoms with Crippen molar-refractivity contribution in [2.75, 3.05) is 27.3 Å². The maximum atomic E-state index is 16.2. The van der Waals surface area contributed by atoms with Crippen molar-refractivity contribution in [3.63, 3.8) is 0 Å². The van der Waals surface area contributed by atoms with Gasteiger partial charge in [-0.3, -0.25) is 14.4 Å². The molecule has 336 valence electrons. The van der Waals surface area contributed by atoms with E-state index in [2.05, 4.69) is 30.6 Å². The minimum atomic E-state index is -1.33. The van der Waals surface area contributed by atoms with E-state index >= 15 is 4.39 Å². The van der Waals surface area contributed by atoms with Gasteiger partial charge in [-0.25, -0.2) is 32.7 Å². The van der Waals surface area contributed by atoms with Crippen LogP contribution in [0.3, 0.4) is 0 Å². The van der Waals surface area contributed by atoms with E-state index in [-0.39, 0.29) is 65.1 Å². The second-order valence-corrected chi connectivity index (χ2v) is 16.9. The fraction of sp³-hybridized carbons (Fsp3) is 0.400. The van der Waals surface area contributed by atoms with Gasteiger partial charge < -0.3 is 44.3 Å². The summed E-state index contributed by atoms with van der Waals surface area (Å²) in [6.45, 7) is 6.65. The molecule has 2 fully saturated rings. The molecule has 0 aliphatic carbocycles. The highest BCUT2D eigenvalue weighted by Gasteiger charge is 2.43. The monoisotopic (exact) mass is 884 g/mol. The number of ether oxygens (including phenoxy) is 2. The average molecular weight is 885 g/mol. The number of nitrogens with zero attached hydrogens (tertiary/aromatic N) is 4. The summed E-state index contributed by atoms with van der Waals surface area (Å²) in [6.07, 6.45) is -1.21. The molecule has 4 amide bonds. The third-order valence-electron chi connectivity index (χ3n) is 12.0. The molecular formula is C45H47F3N8O8. The van der Waals surface area contributed by atoms with Crippen molar-refractivity contribution in [3.8, 4) is 22.5 Å². The summed E-state index contributed by atoms with van der Waals surface area (Å²) < 4.78 is 61.4. The number of hydrogen-bond acceptors (Lipinski definition) is 10. The number of amides is 4. The van der Waals surface area contributed by atoms with Crippen molar-refractivity contribution in [1.82, 2.24) is 40.4 Å². The van der Waals surface area contributed by atoms with Gasteiger partial charge in [-0.15, -0.1) is 0 Å². The van der Waals surface area contributed by atoms with Gasteiger partial charge in [0.25, 0.3) is 0 Å². The molecule has 3 aromatic heterocycles. The lowest BCUT2D eigenvalue weighted by Gasteiger charge is -2.29. The number of aromatic nitrogens is 4. The largest absolute Gasteiger partial charge is 0.453 e. The average Bonchev–Trinajstić information content (AvgIpc) is 4.11. The fourth-order valence-electron chi connectivity index (χ4n) is 8.64. The number of H-pyrrole nitrogens is 2. The highest BCUT2D eigenvalue weighted by Crippen LogP contribution is 2.37. The Balaban J connectivity index is 1.08. The number of aromatic amines is 2. The van der Waals surface area contributed by atoms with E-state index in [0.29, 0.717) is 39.5 Å². The standard InChI is InChI=1S/C45H47F3N8O8/c1-20(2)36(53-44(60)62-5)42(58)55-18-25(46)14-32(55)40-49-16-30(51-40)22-7-9-27-24(11-22)13-29-38(57)28-12-23(8-10-34(28)64-39(29)35(27)48)31-17-50-41(52-31)33-15-26(47)19-56(33)43(59)37(21(3)4)54-45(61)63-6/h7-13,16-17,20-21,25-26,32-33,36-37H,14-15,18-19H2,1-6H3,(H,49,51)(H,50,52)(H,53,60)(H,54,61)/t25-,26-,32+,33+,36+,37+/m1/s1. The van der Waals surface area contributed by atoms with Crippen LogP contribution in [0.5, 0.6) is 0 Å². The Hall–Kier alpha value is -6.92. The number of nitrogens with one attached hydrogen (secondary N) is 4. The normalized spacial score (nSPS) is 19.8. The van der Waals surface area contributed by atoms with Crippen LogP contribution in [-0.2, 0) is 19.1 Å². The Kier molecular flexibility index (Phi) is 11.8. The van der Waals surface area contributed by atoms with E-state index in [4.69, 9.17) is 13.9 Å². The summed E-state index contributed by atoms with van der Waals surface area (Å²) >= 11 is 0. The fourth-order valence-corrected chi connectivity index (χ4v) is 8.64. The summed E-state index contributed by atoms with van der Waals surface area (Å²) in [6, 6.07) is 7.82. The van der Waals surface area contributed by atoms with Gasteiger partial charge in [0.05, 0.1) is 73.9 Å². The number of fused-ring (bicyclic) bond motifs is 3. The van der Waals surface area contributed by atoms with E-state index in [1.807, 2.05) is 0 Å². The number of carbonyl (C=O) groups is 4. The van der Waals surface area contributed by atoms with Crippen molar-refractivity contribution in [1.29, 1.82) is 0 Å². The number of hydrogen-bond donors (Lipinski definition) is 4. The molecule has 0 radical (unpaired) electrons. The molecule has 0 unspecified atom stereocenters. The lowest BCUT2D eigenvalue weighted by atomic mass is 10.0. The first kappa shape index (κ1) is 43.7. The van der Waals surface area contributed by atoms with Crippen LogP contribution >= 0.6 is 0 Å². The lowest BCUT2D eigenvalue weighted by molar-refractivity contribution is -0.136. The first-order chi connectivity index (χ1) is 30.6. The van der Waals surface area contributed by atoms with Crippen molar-refractivity contribution in [2.24, 2.45) is 11.8 Å². The Morgan fingerprint density at radius 2 is 1.23 bits per heavy atom. The number of alkyl halides is 2. The Morgan fingerprint density at radius 3 is 1.73 bits per heavy atom. The Labute approximate surface area is 363 Å². The van der Waals surface area contributed by atoms with E-state index in [9.17, 15) is 32.8 Å². The Bertz CT molecular complexity index is 2860. The molecule has 16 nitrogen and oxygen atoms in total. The van der Waals surface area contributed by atoms with Crippen LogP contribution in [0.2, 0.25) is 0 Å². The van der Waals surface area contributed by atoms with Gasteiger partial charge in [-0.05, 0) is 47.6 Å². The topological polar surface area (TPSA) is 205 Å². The number of halogens is 3. The first-order valence-electron chi connectivity index (χ1n) is 20.9. The molecule has 19 heteroatoms. The number of methoxy groups -OCH3 is 2. The van der Waals surface area contributed by atoms with Crippen molar-refractivity contribution in [3.05, 3.63) is 82.5 Å². The SMILES string of the molecule is COC(=O)N[C@H](C(=O)N1C[C@H](F)C[C@H]1c1ncc(-c2ccc3c(F)c4oc5ccc(-c6cnc([C@@H]7C[C@@H](F)CN7C(=O)[C@@H](NC(=O)OC)C(C)C)[nH]6)cc5c(=O)c4cc3c2)[nH]1)C(C)C. The lowest BCUT2D eigenvalue weighted by Crippen LogP contribution is -2.51. The molecule has 6 aromatic rings. The van der Waals surface area contributed by atoms with Crippen LogP contribution in [0, 0.1) is 17.7 Å². The highest BCUT2D eigenvalue weighted by atomic mass is 19.1. The number of likely N-dealkylation sites (tertiary alicyclic amines) is 2. The number of benzene rings is 3. The number of imidazole rings is 2. The van der Waals surface area contributed by atoms with Gasteiger partial charge in [0, 0.05) is 29.4 Å². The van der Waals surface area contributed by atoms with E-state index in [1.165, 1.54) is 36.4 Å². The molecule has 2 aliphatic heterocycles. The molecule has 8 rings (SSSR count). The van der Waals surface area contributed by atoms with E-state index < -0.39 is 71.8 Å². The summed E-state index contributed by atoms with van der Waals surface area (Å²) in [5.74, 6) is -1.68. The van der Waals surface area contributed by atoms with Gasteiger partial charge >= 0.3 is 12.2 Å². The maximum absolute atomic E-state index is 16.2. The zero-order valence-corrected chi connectivity index (χ0v) is 35.8. The maximum Gasteiger partial charge on any atom is 0.407 e. The second-order valence-electron chi connectivity index (χ2n) is 16.9. The Morgan fingerprint density at radius 1 is 0.734 bits per heavy atom. The van der Waals surface area contributed by atoms with Crippen molar-refractivity contribution >= 4 is 56.7 Å². The molecule has 2 aliphatic rings. The second kappa shape index (κ2) is 17.3. The zero-order valence-electron chi connectivity index (χ0n) is 35.8. The molecule has 5 heterocycles. The highest BCUT2D eigenvalue weighted by molar-refractivity contribution is 6.01. The van der Waals surface area contributed by atoms with Crippen LogP contribution < -0.4 is 16.1 Å². The smallest absolute Gasteiger partial charge is 0.407 e. The van der Waals surface area contributed by atoms with Gasteiger partial charge in [0.1, 0.15) is 41.7 Å². The summed E-state index contributed by atoms with van der Waals surface area (Å²) in [4.78, 5) is 83.5. The molecule has 2 saturated heterocycles. The molecule has 0 bridgehead atoms. The molecule has 0 saturated carbocycles. The number of carbonyl (C=O) groups excluding carboxylic acids is 4. The van der Waals surface area contributed by atoms with Crippen LogP contribution in [0.15, 0.2) is 64.1 Å². The van der Waals surface area contributed by atoms with Crippen LogP contribution in [0.25, 0.3) is 55.2 Å². The van der Waals surface area contributed by atoms with Gasteiger partial charge in [-0.1, -0.05) is 39.8 Å². The molecule has 4 N–H and O–H groups in total. The van der Waals surface area contributed by atoms with Crippen LogP contribution in [0.4, 0.5) is 22.8 Å². The van der Waals surface area contributed by atoms with E-state index in [1.54, 1.807) is 70.2 Å². The molecule has 3 aromatic carbocycles. The zero-order chi connectivity index (χ0) is 45.7. The summed E-state index contributed by atoms with van der Waals surface area (Å²) in [5.41, 5.74) is 1.50. The predicted molar refractivity (Wildman–Crippen MR) is 229 cm³/mol. The third-order valence-corrected chi connectivity index (χ3v) is 12.0. The number of alkyl carbamates (subject to hydrolysis) is 2. The third kappa shape index (κ3) is 8.09. The van der Waals surface area contributed by atoms with Crippen LogP contribution in [0.1, 0.15) is 64.3 Å². The summed E-state index contributed by atoms with van der Waals surface area (Å²) in [7, 11) is 2.38. The van der Waals surface area contributed by atoms with Crippen molar-refractivity contribution < 1.29 is 46.2 Å². The minimum absolute atomic E-state index is 0.00821. The van der Waals surface area contributed by atoms with E-state index in [0.717, 1.165) is 0 Å².